The minimum atomic E-state index is -0.808. The van der Waals surface area contributed by atoms with E-state index < -0.39 is 6.10 Å². The van der Waals surface area contributed by atoms with Crippen LogP contribution in [0.15, 0.2) is 0 Å². The van der Waals surface area contributed by atoms with E-state index in [-0.39, 0.29) is 31.1 Å². The summed E-state index contributed by atoms with van der Waals surface area (Å²) in [7, 11) is 0. The van der Waals surface area contributed by atoms with Gasteiger partial charge < -0.3 is 37.9 Å². The first-order valence-electron chi connectivity index (χ1n) is 29.1. The average Bonchev–Trinajstić information content (AvgIpc) is 4.14. The second-order valence-corrected chi connectivity index (χ2v) is 21.5. The van der Waals surface area contributed by atoms with E-state index in [1.54, 1.807) is 0 Å². The lowest BCUT2D eigenvalue weighted by molar-refractivity contribution is -0.167. The van der Waals surface area contributed by atoms with Gasteiger partial charge in [0.05, 0.1) is 54.9 Å². The van der Waals surface area contributed by atoms with Crippen LogP contribution in [0.1, 0.15) is 265 Å². The van der Waals surface area contributed by atoms with Crippen LogP contribution >= 0.6 is 0 Å². The molecule has 5 rings (SSSR count). The topological polar surface area (TPSA) is 138 Å². The van der Waals surface area contributed by atoms with Gasteiger partial charge in [-0.3, -0.25) is 14.4 Å². The fourth-order valence-corrected chi connectivity index (χ4v) is 10.5. The molecule has 394 valence electrons. The quantitative estimate of drug-likeness (QED) is 0.0249. The summed E-state index contributed by atoms with van der Waals surface area (Å²) in [6.07, 6.45) is 44.1. The molecule has 0 saturated carbocycles. The van der Waals surface area contributed by atoms with Crippen LogP contribution in [0.4, 0.5) is 0 Å². The van der Waals surface area contributed by atoms with Crippen molar-refractivity contribution in [2.75, 3.05) is 13.2 Å². The standard InChI is InChI=1S/C57H100O11/c1-4-7-10-11-16-25-33-46-47(65-46)34-26-17-14-21-30-39-56(60)64-45(42-61-54(58)37-28-19-12-15-24-31-44-40-53(63-44)57-50(68-57)36-23-9-6-3)43-62-55(59)38-29-20-13-18-27-35-49-52(67-49)41-51-48(66-51)32-22-8-5-2/h44-53,57H,4-43H2,1-3H3. The van der Waals surface area contributed by atoms with Crippen LogP contribution in [0.25, 0.3) is 0 Å². The van der Waals surface area contributed by atoms with E-state index in [1.165, 1.54) is 103 Å². The molecule has 5 aliphatic rings. The molecule has 11 heteroatoms. The highest BCUT2D eigenvalue weighted by molar-refractivity contribution is 5.71. The van der Waals surface area contributed by atoms with Crippen molar-refractivity contribution in [2.45, 2.75) is 332 Å². The highest BCUT2D eigenvalue weighted by Gasteiger charge is 2.50. The van der Waals surface area contributed by atoms with E-state index in [2.05, 4.69) is 20.8 Å². The number of rotatable bonds is 47. The Bertz CT molecular complexity index is 1310. The summed E-state index contributed by atoms with van der Waals surface area (Å²) in [5.41, 5.74) is 0. The number of carbonyl (C=O) groups is 3. The second-order valence-electron chi connectivity index (χ2n) is 21.5. The third kappa shape index (κ3) is 25.5. The Balaban J connectivity index is 0.865. The van der Waals surface area contributed by atoms with Crippen molar-refractivity contribution in [3.63, 3.8) is 0 Å². The maximum absolute atomic E-state index is 12.9. The van der Waals surface area contributed by atoms with Crippen molar-refractivity contribution in [3.05, 3.63) is 0 Å². The number of carbonyl (C=O) groups excluding carboxylic acids is 3. The molecule has 0 spiro atoms. The predicted octanol–water partition coefficient (Wildman–Crippen LogP) is 13.7. The van der Waals surface area contributed by atoms with E-state index in [0.29, 0.717) is 80.3 Å². The molecule has 0 amide bonds. The lowest BCUT2D eigenvalue weighted by atomic mass is 9.95. The van der Waals surface area contributed by atoms with Gasteiger partial charge in [-0.2, -0.15) is 0 Å². The van der Waals surface area contributed by atoms with Gasteiger partial charge in [-0.15, -0.1) is 0 Å². The minimum Gasteiger partial charge on any atom is -0.462 e. The van der Waals surface area contributed by atoms with Gasteiger partial charge in [-0.25, -0.2) is 0 Å². The maximum Gasteiger partial charge on any atom is 0.306 e. The van der Waals surface area contributed by atoms with Crippen molar-refractivity contribution in [2.24, 2.45) is 0 Å². The summed E-state index contributed by atoms with van der Waals surface area (Å²) in [4.78, 5) is 38.4. The van der Waals surface area contributed by atoms with E-state index in [0.717, 1.165) is 122 Å². The number of unbranched alkanes of at least 4 members (excludes halogenated alkanes) is 21. The number of epoxide rings is 4. The Hall–Kier alpha value is -1.79. The summed E-state index contributed by atoms with van der Waals surface area (Å²) < 4.78 is 46.6. The molecule has 5 fully saturated rings. The molecule has 11 nitrogen and oxygen atoms in total. The second kappa shape index (κ2) is 34.6. The summed E-state index contributed by atoms with van der Waals surface area (Å²) in [5.74, 6) is -0.949. The molecule has 5 aliphatic heterocycles. The van der Waals surface area contributed by atoms with Crippen LogP contribution in [-0.4, -0.2) is 98.3 Å². The van der Waals surface area contributed by atoms with Gasteiger partial charge in [0.2, 0.25) is 0 Å². The zero-order valence-electron chi connectivity index (χ0n) is 43.6. The number of hydrogen-bond acceptors (Lipinski definition) is 11. The summed E-state index contributed by atoms with van der Waals surface area (Å²) in [6.45, 7) is 6.53. The van der Waals surface area contributed by atoms with Crippen molar-refractivity contribution >= 4 is 17.9 Å². The molecule has 0 bridgehead atoms. The SMILES string of the molecule is CCCCCCCCC1OC1CCCCCCCC(=O)OC(COC(=O)CCCCCCCC1CC(C2OC2CCCCC)O1)COC(=O)CCCCCCCC1OC1CC1OC1CCCCC. The van der Waals surface area contributed by atoms with Gasteiger partial charge >= 0.3 is 17.9 Å². The van der Waals surface area contributed by atoms with E-state index >= 15 is 0 Å². The number of hydrogen-bond donors (Lipinski definition) is 0. The summed E-state index contributed by atoms with van der Waals surface area (Å²) in [6, 6.07) is 0. The molecule has 11 unspecified atom stereocenters. The zero-order valence-corrected chi connectivity index (χ0v) is 43.6. The van der Waals surface area contributed by atoms with E-state index in [9.17, 15) is 14.4 Å². The lowest BCUT2D eigenvalue weighted by Gasteiger charge is -2.35. The van der Waals surface area contributed by atoms with Crippen LogP contribution in [0.2, 0.25) is 0 Å². The largest absolute Gasteiger partial charge is 0.462 e. The molecule has 5 saturated heterocycles. The lowest BCUT2D eigenvalue weighted by Crippen LogP contribution is -2.41. The van der Waals surface area contributed by atoms with Crippen molar-refractivity contribution in [3.8, 4) is 0 Å². The molecular weight excluding hydrogens is 861 g/mol. The number of esters is 3. The first-order chi connectivity index (χ1) is 33.4. The molecule has 0 N–H and O–H groups in total. The molecule has 0 aromatic carbocycles. The molecule has 0 aromatic rings. The zero-order chi connectivity index (χ0) is 48.0. The van der Waals surface area contributed by atoms with Crippen LogP contribution in [0.3, 0.4) is 0 Å². The van der Waals surface area contributed by atoms with Crippen molar-refractivity contribution < 1.29 is 52.3 Å². The molecule has 0 aliphatic carbocycles. The van der Waals surface area contributed by atoms with E-state index in [4.69, 9.17) is 37.9 Å². The molecule has 11 atom stereocenters. The van der Waals surface area contributed by atoms with Crippen LogP contribution in [0.5, 0.6) is 0 Å². The first-order valence-corrected chi connectivity index (χ1v) is 29.1. The van der Waals surface area contributed by atoms with Crippen LogP contribution in [0, 0.1) is 0 Å². The molecule has 68 heavy (non-hydrogen) atoms. The minimum absolute atomic E-state index is 0.104. The molecule has 5 heterocycles. The molecule has 0 aromatic heterocycles. The fraction of sp³-hybridized carbons (Fsp3) is 0.947. The third-order valence-electron chi connectivity index (χ3n) is 15.2. The van der Waals surface area contributed by atoms with Gasteiger partial charge in [0.15, 0.2) is 6.10 Å². The third-order valence-corrected chi connectivity index (χ3v) is 15.2. The Morgan fingerprint density at radius 3 is 1.24 bits per heavy atom. The fourth-order valence-electron chi connectivity index (χ4n) is 10.5. The Kier molecular flexibility index (Phi) is 29.0. The maximum atomic E-state index is 12.9. The van der Waals surface area contributed by atoms with Gasteiger partial charge in [0.1, 0.15) is 19.3 Å². The van der Waals surface area contributed by atoms with E-state index in [1.807, 2.05) is 0 Å². The smallest absolute Gasteiger partial charge is 0.306 e. The number of ether oxygens (including phenoxy) is 8. The average molecular weight is 961 g/mol. The Labute approximate surface area is 414 Å². The van der Waals surface area contributed by atoms with Gasteiger partial charge in [-0.05, 0) is 57.8 Å². The van der Waals surface area contributed by atoms with Gasteiger partial charge in [0, 0.05) is 32.1 Å². The monoisotopic (exact) mass is 961 g/mol. The molecule has 0 radical (unpaired) electrons. The van der Waals surface area contributed by atoms with Crippen LogP contribution in [-0.2, 0) is 52.3 Å². The summed E-state index contributed by atoms with van der Waals surface area (Å²) >= 11 is 0. The van der Waals surface area contributed by atoms with Crippen molar-refractivity contribution in [1.82, 2.24) is 0 Å². The van der Waals surface area contributed by atoms with Crippen LogP contribution < -0.4 is 0 Å². The van der Waals surface area contributed by atoms with Crippen molar-refractivity contribution in [1.29, 1.82) is 0 Å². The Morgan fingerprint density at radius 2 is 0.750 bits per heavy atom. The van der Waals surface area contributed by atoms with Gasteiger partial charge in [-0.1, -0.05) is 175 Å². The van der Waals surface area contributed by atoms with Gasteiger partial charge in [0.25, 0.3) is 0 Å². The highest BCUT2D eigenvalue weighted by atomic mass is 16.6. The predicted molar refractivity (Wildman–Crippen MR) is 268 cm³/mol. The first kappa shape index (κ1) is 57.1. The molecular formula is C57H100O11. The summed E-state index contributed by atoms with van der Waals surface area (Å²) in [5, 5.41) is 0. The Morgan fingerprint density at radius 1 is 0.397 bits per heavy atom. The highest BCUT2D eigenvalue weighted by Crippen LogP contribution is 2.41. The normalized spacial score (nSPS) is 27.0.